The Hall–Kier alpha value is -5.18. The van der Waals surface area contributed by atoms with E-state index in [1.807, 2.05) is 24.3 Å². The van der Waals surface area contributed by atoms with Crippen molar-refractivity contribution in [3.63, 3.8) is 0 Å². The molecule has 48 heavy (non-hydrogen) atoms. The Morgan fingerprint density at radius 2 is 1.62 bits per heavy atom. The average molecular weight is 685 g/mol. The highest BCUT2D eigenvalue weighted by Gasteiger charge is 2.66. The smallest absolute Gasteiger partial charge is 0.481 e. The van der Waals surface area contributed by atoms with Gasteiger partial charge in [-0.2, -0.15) is 17.6 Å². The molecule has 4 aromatic rings. The molecule has 3 amide bonds. The molecule has 0 saturated carbocycles. The average Bonchev–Trinajstić information content (AvgIpc) is 3.44. The number of aliphatic carboxylic acids is 1. The number of fused-ring (bicyclic) bond motifs is 2. The van der Waals surface area contributed by atoms with Crippen molar-refractivity contribution >= 4 is 55.9 Å². The number of carboxylic acids is 1. The number of carbonyl (C=O) groups excluding carboxylic acids is 2. The van der Waals surface area contributed by atoms with Gasteiger partial charge < -0.3 is 19.9 Å². The molecule has 1 aliphatic heterocycles. The lowest BCUT2D eigenvalue weighted by Gasteiger charge is -2.31. The Bertz CT molecular complexity index is 1840. The molecule has 0 radical (unpaired) electrons. The van der Waals surface area contributed by atoms with Crippen LogP contribution in [0.1, 0.15) is 53.6 Å². The van der Waals surface area contributed by atoms with E-state index < -0.39 is 41.6 Å². The quantitative estimate of drug-likeness (QED) is 0.154. The van der Waals surface area contributed by atoms with E-state index >= 15 is 0 Å². The summed E-state index contributed by atoms with van der Waals surface area (Å²) in [4.78, 5) is 42.6. The van der Waals surface area contributed by atoms with Gasteiger partial charge in [-0.3, -0.25) is 19.8 Å². The molecule has 0 saturated heterocycles. The molecule has 0 atom stereocenters. The fourth-order valence-corrected chi connectivity index (χ4v) is 6.13. The van der Waals surface area contributed by atoms with Crippen molar-refractivity contribution < 1.29 is 46.5 Å². The monoisotopic (exact) mass is 684 g/mol. The molecule has 2 aliphatic rings. The summed E-state index contributed by atoms with van der Waals surface area (Å²) in [7, 11) is 0. The van der Waals surface area contributed by atoms with E-state index in [9.17, 15) is 31.9 Å². The summed E-state index contributed by atoms with van der Waals surface area (Å²) >= 11 is 0.926. The number of rotatable bonds is 9. The van der Waals surface area contributed by atoms with E-state index in [4.69, 9.17) is 5.11 Å². The number of benzene rings is 3. The number of allylic oxidation sites excluding steroid dienone is 2. The minimum Gasteiger partial charge on any atom is -0.481 e. The van der Waals surface area contributed by atoms with E-state index in [2.05, 4.69) is 31.2 Å². The standard InChI is InChI=1S/C33H28F4N4O6S/c34-32(35)33(36,37)47-26-17-27-24(16-25(26)46-32)39-30(48-27)40-31(45)41(23-12-10-21(11-13-23)20-4-2-1-3-5-20)18-19-6-8-22(9-7-19)29(44)38-15-14-28(42)43/h4,6-13,16-17H,1-3,5,14-15,18H2,(H,38,44)(H,42,43)(H,39,40,45). The molecular formula is C33H28F4N4O6S. The molecule has 1 aliphatic carbocycles. The van der Waals surface area contributed by atoms with Gasteiger partial charge in [0.05, 0.1) is 23.2 Å². The van der Waals surface area contributed by atoms with Gasteiger partial charge >= 0.3 is 24.2 Å². The summed E-state index contributed by atoms with van der Waals surface area (Å²) in [5.41, 5.74) is 3.93. The van der Waals surface area contributed by atoms with Crippen molar-refractivity contribution in [2.75, 3.05) is 16.8 Å². The molecule has 6 rings (SSSR count). The van der Waals surface area contributed by atoms with Crippen LogP contribution in [0.5, 0.6) is 11.5 Å². The van der Waals surface area contributed by atoms with Crippen molar-refractivity contribution in [1.29, 1.82) is 0 Å². The number of amides is 3. The minimum absolute atomic E-state index is 0.0236. The molecule has 2 heterocycles. The van der Waals surface area contributed by atoms with Crippen molar-refractivity contribution in [3.8, 4) is 11.5 Å². The zero-order chi connectivity index (χ0) is 34.1. The SMILES string of the molecule is O=C(O)CCNC(=O)c1ccc(CN(C(=O)Nc2nc3cc4c(cc3s2)OC(F)(F)C(F)(F)O4)c2ccc(C3=CCCCC3)cc2)cc1. The fourth-order valence-electron chi connectivity index (χ4n) is 5.27. The maximum absolute atomic E-state index is 13.8. The predicted octanol–water partition coefficient (Wildman–Crippen LogP) is 7.65. The second kappa shape index (κ2) is 13.1. The molecule has 0 bridgehead atoms. The highest BCUT2D eigenvalue weighted by molar-refractivity contribution is 7.22. The Morgan fingerprint density at radius 1 is 0.938 bits per heavy atom. The lowest BCUT2D eigenvalue weighted by molar-refractivity contribution is -0.391. The molecule has 0 spiro atoms. The third-order valence-corrected chi connectivity index (χ3v) is 8.68. The first kappa shape index (κ1) is 32.7. The van der Waals surface area contributed by atoms with E-state index in [1.54, 1.807) is 24.3 Å². The van der Waals surface area contributed by atoms with Crippen LogP contribution in [0.2, 0.25) is 0 Å². The topological polar surface area (TPSA) is 130 Å². The van der Waals surface area contributed by atoms with Gasteiger partial charge in [0.1, 0.15) is 0 Å². The molecule has 250 valence electrons. The summed E-state index contributed by atoms with van der Waals surface area (Å²) in [5.74, 6) is -2.68. The second-order valence-electron chi connectivity index (χ2n) is 11.2. The Labute approximate surface area is 275 Å². The van der Waals surface area contributed by atoms with Crippen LogP contribution in [0.4, 0.5) is 33.2 Å². The second-order valence-corrected chi connectivity index (χ2v) is 12.2. The number of ether oxygens (including phenoxy) is 2. The van der Waals surface area contributed by atoms with Crippen molar-refractivity contribution in [2.24, 2.45) is 0 Å². The van der Waals surface area contributed by atoms with Gasteiger partial charge in [0.15, 0.2) is 16.6 Å². The number of carbonyl (C=O) groups is 3. The number of anilines is 2. The van der Waals surface area contributed by atoms with E-state index in [1.165, 1.54) is 10.5 Å². The first-order valence-electron chi connectivity index (χ1n) is 14.9. The Morgan fingerprint density at radius 3 is 2.27 bits per heavy atom. The molecule has 10 nitrogen and oxygen atoms in total. The first-order chi connectivity index (χ1) is 22.9. The Kier molecular flexibility index (Phi) is 8.97. The number of thiazole rings is 1. The number of aromatic nitrogens is 1. The molecule has 1 aromatic heterocycles. The first-order valence-corrected chi connectivity index (χ1v) is 15.8. The molecule has 0 unspecified atom stereocenters. The lowest BCUT2D eigenvalue weighted by atomic mass is 9.93. The van der Waals surface area contributed by atoms with Crippen LogP contribution in [-0.4, -0.2) is 46.8 Å². The zero-order valence-electron chi connectivity index (χ0n) is 25.1. The Balaban J connectivity index is 1.24. The van der Waals surface area contributed by atoms with Gasteiger partial charge in [-0.15, -0.1) is 0 Å². The molecule has 3 aromatic carbocycles. The van der Waals surface area contributed by atoms with Gasteiger partial charge in [-0.25, -0.2) is 9.78 Å². The molecular weight excluding hydrogens is 656 g/mol. The number of nitrogens with one attached hydrogen (secondary N) is 2. The number of hydrogen-bond donors (Lipinski definition) is 3. The third kappa shape index (κ3) is 7.05. The summed E-state index contributed by atoms with van der Waals surface area (Å²) in [5, 5.41) is 14.1. The summed E-state index contributed by atoms with van der Waals surface area (Å²) < 4.78 is 63.6. The number of alkyl halides is 4. The van der Waals surface area contributed by atoms with Crippen LogP contribution in [0.3, 0.4) is 0 Å². The highest BCUT2D eigenvalue weighted by Crippen LogP contribution is 2.49. The van der Waals surface area contributed by atoms with Gasteiger partial charge in [0.25, 0.3) is 5.91 Å². The van der Waals surface area contributed by atoms with Gasteiger partial charge in [0, 0.05) is 29.9 Å². The highest BCUT2D eigenvalue weighted by atomic mass is 32.1. The van der Waals surface area contributed by atoms with Crippen LogP contribution >= 0.6 is 11.3 Å². The maximum Gasteiger partial charge on any atom is 0.507 e. The van der Waals surface area contributed by atoms with Crippen LogP contribution in [0.15, 0.2) is 66.7 Å². The number of halogens is 4. The maximum atomic E-state index is 13.8. The minimum atomic E-state index is -4.88. The molecule has 3 N–H and O–H groups in total. The number of nitrogens with zero attached hydrogens (tertiary/aromatic N) is 2. The summed E-state index contributed by atoms with van der Waals surface area (Å²) in [6.45, 7) is 0.0456. The van der Waals surface area contributed by atoms with Gasteiger partial charge in [0.2, 0.25) is 0 Å². The summed E-state index contributed by atoms with van der Waals surface area (Å²) in [6.07, 6.45) is -3.54. The molecule has 0 fully saturated rings. The van der Waals surface area contributed by atoms with Crippen molar-refractivity contribution in [1.82, 2.24) is 10.3 Å². The van der Waals surface area contributed by atoms with Crippen LogP contribution in [-0.2, 0) is 11.3 Å². The van der Waals surface area contributed by atoms with E-state index in [0.717, 1.165) is 54.7 Å². The third-order valence-electron chi connectivity index (χ3n) is 7.75. The van der Waals surface area contributed by atoms with Crippen molar-refractivity contribution in [3.05, 3.63) is 83.4 Å². The lowest BCUT2D eigenvalue weighted by Crippen LogP contribution is -2.52. The van der Waals surface area contributed by atoms with E-state index in [-0.39, 0.29) is 34.9 Å². The summed E-state index contributed by atoms with van der Waals surface area (Å²) in [6, 6.07) is 15.5. The number of carboxylic acid groups (broad SMARTS) is 1. The fraction of sp³-hybridized carbons (Fsp3) is 0.273. The van der Waals surface area contributed by atoms with Crippen LogP contribution < -0.4 is 25.0 Å². The van der Waals surface area contributed by atoms with Gasteiger partial charge in [-0.05, 0) is 66.6 Å². The van der Waals surface area contributed by atoms with E-state index in [0.29, 0.717) is 16.8 Å². The largest absolute Gasteiger partial charge is 0.507 e. The van der Waals surface area contributed by atoms with Crippen LogP contribution in [0, 0.1) is 0 Å². The van der Waals surface area contributed by atoms with Gasteiger partial charge in [-0.1, -0.05) is 41.7 Å². The van der Waals surface area contributed by atoms with Crippen LogP contribution in [0.25, 0.3) is 15.8 Å². The number of urea groups is 1. The molecule has 15 heteroatoms. The van der Waals surface area contributed by atoms with Crippen molar-refractivity contribution in [2.45, 2.75) is 50.9 Å². The normalized spacial score (nSPS) is 16.1. The zero-order valence-corrected chi connectivity index (χ0v) is 25.9. The number of hydrogen-bond acceptors (Lipinski definition) is 7. The predicted molar refractivity (Wildman–Crippen MR) is 170 cm³/mol.